The van der Waals surface area contributed by atoms with E-state index in [-0.39, 0.29) is 0 Å². The van der Waals surface area contributed by atoms with Gasteiger partial charge in [-0.25, -0.2) is 0 Å². The number of ether oxygens (including phenoxy) is 2. The van der Waals surface area contributed by atoms with Crippen LogP contribution in [0.3, 0.4) is 0 Å². The van der Waals surface area contributed by atoms with Crippen LogP contribution in [0.5, 0.6) is 11.5 Å². The lowest BCUT2D eigenvalue weighted by molar-refractivity contribution is 0.174. The Bertz CT molecular complexity index is 474. The molecule has 1 aromatic carbocycles. The zero-order valence-corrected chi connectivity index (χ0v) is 14.9. The summed E-state index contributed by atoms with van der Waals surface area (Å²) in [6.45, 7) is 9.12. The fraction of sp³-hybridized carbons (Fsp3) is 0.647. The molecule has 118 valence electrons. The first-order chi connectivity index (χ1) is 10.0. The Morgan fingerprint density at radius 3 is 2.62 bits per heavy atom. The normalized spacial score (nSPS) is 13.7. The van der Waals surface area contributed by atoms with Gasteiger partial charge < -0.3 is 14.8 Å². The van der Waals surface area contributed by atoms with Crippen LogP contribution in [-0.4, -0.2) is 13.3 Å². The first kappa shape index (κ1) is 16.6. The molecule has 0 radical (unpaired) electrons. The van der Waals surface area contributed by atoms with Gasteiger partial charge in [-0.2, -0.15) is 0 Å². The van der Waals surface area contributed by atoms with Gasteiger partial charge >= 0.3 is 0 Å². The van der Waals surface area contributed by atoms with Gasteiger partial charge in [-0.15, -0.1) is 0 Å². The minimum Gasteiger partial charge on any atom is -0.454 e. The van der Waals surface area contributed by atoms with Gasteiger partial charge in [0.15, 0.2) is 11.5 Å². The van der Waals surface area contributed by atoms with Crippen molar-refractivity contribution in [3.63, 3.8) is 0 Å². The Balaban J connectivity index is 1.83. The first-order valence-corrected chi connectivity index (χ1v) is 8.60. The van der Waals surface area contributed by atoms with Gasteiger partial charge in [0.05, 0.1) is 0 Å². The van der Waals surface area contributed by atoms with Gasteiger partial charge in [0.1, 0.15) is 0 Å². The van der Waals surface area contributed by atoms with Crippen LogP contribution in [0.25, 0.3) is 0 Å². The number of halogens is 1. The van der Waals surface area contributed by atoms with Crippen molar-refractivity contribution in [2.75, 3.05) is 13.3 Å². The molecule has 1 aliphatic rings. The molecule has 3 nitrogen and oxygen atoms in total. The average molecular weight is 356 g/mol. The molecule has 0 atom stereocenters. The van der Waals surface area contributed by atoms with Crippen molar-refractivity contribution < 1.29 is 9.47 Å². The van der Waals surface area contributed by atoms with Crippen LogP contribution in [0.1, 0.15) is 52.0 Å². The third kappa shape index (κ3) is 4.89. The van der Waals surface area contributed by atoms with Gasteiger partial charge in [0.2, 0.25) is 6.79 Å². The van der Waals surface area contributed by atoms with E-state index < -0.39 is 0 Å². The summed E-state index contributed by atoms with van der Waals surface area (Å²) in [5.74, 6) is 1.67. The van der Waals surface area contributed by atoms with Crippen molar-refractivity contribution in [3.05, 3.63) is 22.2 Å². The molecule has 0 bridgehead atoms. The Hall–Kier alpha value is -0.740. The second-order valence-corrected chi connectivity index (χ2v) is 7.38. The number of nitrogens with one attached hydrogen (secondary N) is 1. The van der Waals surface area contributed by atoms with Crippen LogP contribution in [0.15, 0.2) is 16.6 Å². The third-order valence-electron chi connectivity index (χ3n) is 3.92. The summed E-state index contributed by atoms with van der Waals surface area (Å²) in [5.41, 5.74) is 1.56. The topological polar surface area (TPSA) is 30.5 Å². The second kappa shape index (κ2) is 7.50. The summed E-state index contributed by atoms with van der Waals surface area (Å²) in [6, 6.07) is 4.05. The number of unbranched alkanes of at least 4 members (excludes halogenated alkanes) is 2. The van der Waals surface area contributed by atoms with Crippen molar-refractivity contribution in [2.45, 2.75) is 53.0 Å². The Kier molecular flexibility index (Phi) is 5.94. The van der Waals surface area contributed by atoms with E-state index in [1.54, 1.807) is 0 Å². The fourth-order valence-electron chi connectivity index (χ4n) is 2.57. The number of hydrogen-bond donors (Lipinski definition) is 1. The maximum absolute atomic E-state index is 5.44. The Morgan fingerprint density at radius 2 is 1.90 bits per heavy atom. The highest BCUT2D eigenvalue weighted by Crippen LogP contribution is 2.37. The largest absolute Gasteiger partial charge is 0.454 e. The molecule has 0 spiro atoms. The summed E-state index contributed by atoms with van der Waals surface area (Å²) >= 11 is 3.61. The standard InChI is InChI=1S/C17H26BrNO2/c1-4-5-6-7-17(2,3)11-19-10-13-8-15-16(9-14(13)18)21-12-20-15/h8-9,19H,4-7,10-12H2,1-3H3. The lowest BCUT2D eigenvalue weighted by Crippen LogP contribution is -2.29. The zero-order valence-electron chi connectivity index (χ0n) is 13.3. The van der Waals surface area contributed by atoms with Crippen LogP contribution in [0, 0.1) is 5.41 Å². The molecule has 0 unspecified atom stereocenters. The predicted octanol–water partition coefficient (Wildman–Crippen LogP) is 4.87. The van der Waals surface area contributed by atoms with Crippen molar-refractivity contribution in [1.82, 2.24) is 5.32 Å². The van der Waals surface area contributed by atoms with Crippen molar-refractivity contribution in [2.24, 2.45) is 5.41 Å². The van der Waals surface area contributed by atoms with Crippen LogP contribution >= 0.6 is 15.9 Å². The van der Waals surface area contributed by atoms with E-state index in [1.807, 2.05) is 6.07 Å². The maximum atomic E-state index is 5.44. The molecule has 0 saturated carbocycles. The molecule has 1 N–H and O–H groups in total. The van der Waals surface area contributed by atoms with E-state index in [4.69, 9.17) is 9.47 Å². The van der Waals surface area contributed by atoms with Crippen molar-refractivity contribution >= 4 is 15.9 Å². The average Bonchev–Trinajstić information content (AvgIpc) is 2.86. The highest BCUT2D eigenvalue weighted by atomic mass is 79.9. The van der Waals surface area contributed by atoms with Crippen LogP contribution in [0.2, 0.25) is 0 Å². The molecule has 1 aromatic rings. The third-order valence-corrected chi connectivity index (χ3v) is 4.66. The SMILES string of the molecule is CCCCCC(C)(C)CNCc1cc2c(cc1Br)OCO2. The van der Waals surface area contributed by atoms with Crippen LogP contribution < -0.4 is 14.8 Å². The van der Waals surface area contributed by atoms with E-state index in [9.17, 15) is 0 Å². The summed E-state index contributed by atoms with van der Waals surface area (Å²) in [4.78, 5) is 0. The summed E-state index contributed by atoms with van der Waals surface area (Å²) in [5, 5.41) is 3.57. The second-order valence-electron chi connectivity index (χ2n) is 6.52. The molecule has 0 aromatic heterocycles. The number of fused-ring (bicyclic) bond motifs is 1. The molecule has 0 aliphatic carbocycles. The smallest absolute Gasteiger partial charge is 0.231 e. The monoisotopic (exact) mass is 355 g/mol. The highest BCUT2D eigenvalue weighted by Gasteiger charge is 2.18. The molecule has 21 heavy (non-hydrogen) atoms. The predicted molar refractivity (Wildman–Crippen MR) is 89.9 cm³/mol. The van der Waals surface area contributed by atoms with E-state index in [0.717, 1.165) is 29.1 Å². The summed E-state index contributed by atoms with van der Waals surface area (Å²) in [7, 11) is 0. The number of hydrogen-bond acceptors (Lipinski definition) is 3. The lowest BCUT2D eigenvalue weighted by Gasteiger charge is -2.25. The first-order valence-electron chi connectivity index (χ1n) is 7.80. The zero-order chi connectivity index (χ0) is 15.3. The molecule has 0 fully saturated rings. The minimum atomic E-state index is 0.323. The van der Waals surface area contributed by atoms with Gasteiger partial charge in [0, 0.05) is 17.6 Å². The van der Waals surface area contributed by atoms with Gasteiger partial charge in [0.25, 0.3) is 0 Å². The fourth-order valence-corrected chi connectivity index (χ4v) is 3.03. The molecule has 4 heteroatoms. The lowest BCUT2D eigenvalue weighted by atomic mass is 9.87. The molecular weight excluding hydrogens is 330 g/mol. The van der Waals surface area contributed by atoms with Crippen LogP contribution in [0.4, 0.5) is 0 Å². The summed E-state index contributed by atoms with van der Waals surface area (Å²) in [6.07, 6.45) is 5.21. The van der Waals surface area contributed by atoms with E-state index in [1.165, 1.54) is 31.2 Å². The Labute approximate surface area is 136 Å². The van der Waals surface area contributed by atoms with E-state index >= 15 is 0 Å². The maximum Gasteiger partial charge on any atom is 0.231 e. The quantitative estimate of drug-likeness (QED) is 0.674. The minimum absolute atomic E-state index is 0.323. The van der Waals surface area contributed by atoms with E-state index in [2.05, 4.69) is 48.1 Å². The van der Waals surface area contributed by atoms with Gasteiger partial charge in [-0.3, -0.25) is 0 Å². The molecule has 0 saturated heterocycles. The number of benzene rings is 1. The molecule has 1 heterocycles. The van der Waals surface area contributed by atoms with Gasteiger partial charge in [-0.1, -0.05) is 56.0 Å². The van der Waals surface area contributed by atoms with E-state index in [0.29, 0.717) is 12.2 Å². The molecule has 1 aliphatic heterocycles. The highest BCUT2D eigenvalue weighted by molar-refractivity contribution is 9.10. The molecule has 0 amide bonds. The van der Waals surface area contributed by atoms with Crippen molar-refractivity contribution in [3.8, 4) is 11.5 Å². The molecular formula is C17H26BrNO2. The Morgan fingerprint density at radius 1 is 1.19 bits per heavy atom. The summed E-state index contributed by atoms with van der Waals surface area (Å²) < 4.78 is 11.9. The molecule has 2 rings (SSSR count). The van der Waals surface area contributed by atoms with Crippen molar-refractivity contribution in [1.29, 1.82) is 0 Å². The van der Waals surface area contributed by atoms with Crippen LogP contribution in [-0.2, 0) is 6.54 Å². The number of rotatable bonds is 8. The van der Waals surface area contributed by atoms with Gasteiger partial charge in [-0.05, 0) is 29.5 Å².